The molecule has 0 aliphatic rings. The molecule has 0 aromatic rings. The molecule has 0 heterocycles. The Balaban J connectivity index is 4.32. The van der Waals surface area contributed by atoms with Crippen LogP contribution in [0, 0.1) is 0 Å². The molecular weight excluding hydrogens is 840 g/mol. The summed E-state index contributed by atoms with van der Waals surface area (Å²) >= 11 is 0. The molecule has 0 aromatic carbocycles. The molecule has 0 fully saturated rings. The molecule has 0 bridgehead atoms. The molecule has 0 spiro atoms. The Morgan fingerprint density at radius 1 is 0.545 bits per heavy atom. The predicted molar refractivity (Wildman–Crippen MR) is 283 cm³/mol. The van der Waals surface area contributed by atoms with Crippen LogP contribution in [0.25, 0.3) is 0 Å². The normalized spacial score (nSPS) is 15.2. The molecule has 0 saturated carbocycles. The molecule has 8 nitrogen and oxygen atoms in total. The predicted octanol–water partition coefficient (Wildman–Crippen LogP) is 14.6. The highest BCUT2D eigenvalue weighted by atomic mass is 31.2. The van der Waals surface area contributed by atoms with Gasteiger partial charge in [0.25, 0.3) is 7.82 Å². The molecular formula is C57H95N2O6P. The second-order valence-corrected chi connectivity index (χ2v) is 19.2. The van der Waals surface area contributed by atoms with Crippen molar-refractivity contribution in [2.45, 2.75) is 180 Å². The maximum atomic E-state index is 12.9. The van der Waals surface area contributed by atoms with Gasteiger partial charge in [-0.25, -0.2) is 0 Å². The number of nitrogens with zero attached hydrogens (tertiary/aromatic N) is 1. The van der Waals surface area contributed by atoms with E-state index in [1.807, 2.05) is 27.2 Å². The van der Waals surface area contributed by atoms with Gasteiger partial charge < -0.3 is 28.8 Å². The Bertz CT molecular complexity index is 1530. The Morgan fingerprint density at radius 3 is 1.35 bits per heavy atom. The minimum absolute atomic E-state index is 0.0175. The minimum Gasteiger partial charge on any atom is -0.756 e. The third-order valence-corrected chi connectivity index (χ3v) is 11.3. The fourth-order valence-electron chi connectivity index (χ4n) is 6.35. The monoisotopic (exact) mass is 935 g/mol. The lowest BCUT2D eigenvalue weighted by atomic mass is 10.1. The molecule has 3 atom stereocenters. The van der Waals surface area contributed by atoms with Crippen molar-refractivity contribution in [1.29, 1.82) is 0 Å². The van der Waals surface area contributed by atoms with E-state index in [1.54, 1.807) is 6.08 Å². The first kappa shape index (κ1) is 62.6. The van der Waals surface area contributed by atoms with Crippen LogP contribution in [0.15, 0.2) is 134 Å². The van der Waals surface area contributed by atoms with Crippen molar-refractivity contribution in [3.63, 3.8) is 0 Å². The molecule has 1 amide bonds. The van der Waals surface area contributed by atoms with Crippen LogP contribution in [0.3, 0.4) is 0 Å². The summed E-state index contributed by atoms with van der Waals surface area (Å²) in [5.41, 5.74) is 0. The minimum atomic E-state index is -4.61. The molecule has 0 saturated heterocycles. The lowest BCUT2D eigenvalue weighted by Gasteiger charge is -2.29. The Morgan fingerprint density at radius 2 is 0.924 bits per heavy atom. The SMILES string of the molecule is CC/C=C\C/C=C\C/C=C\C/C=C\C/C=C\C/C=C\C/C=C\C/C=C\C/C=C\C/C=C\CCCCC(=O)NC(COP(=O)([O-])OCC[N+](C)(C)C)C(O)/C=C/CCCCCCCCCCC. The smallest absolute Gasteiger partial charge is 0.268 e. The molecule has 3 unspecified atom stereocenters. The number of aliphatic hydroxyl groups is 1. The zero-order valence-corrected chi connectivity index (χ0v) is 43.2. The number of amides is 1. The summed E-state index contributed by atoms with van der Waals surface area (Å²) in [6, 6.07) is -0.918. The van der Waals surface area contributed by atoms with E-state index >= 15 is 0 Å². The molecule has 374 valence electrons. The van der Waals surface area contributed by atoms with E-state index in [0.717, 1.165) is 96.3 Å². The summed E-state index contributed by atoms with van der Waals surface area (Å²) in [6.07, 6.45) is 70.9. The van der Waals surface area contributed by atoms with Crippen LogP contribution in [0.1, 0.15) is 168 Å². The van der Waals surface area contributed by atoms with E-state index in [9.17, 15) is 19.4 Å². The number of hydrogen-bond donors (Lipinski definition) is 2. The van der Waals surface area contributed by atoms with Gasteiger partial charge in [-0.2, -0.15) is 0 Å². The van der Waals surface area contributed by atoms with Crippen LogP contribution in [-0.4, -0.2) is 68.5 Å². The van der Waals surface area contributed by atoms with Crippen LogP contribution in [0.2, 0.25) is 0 Å². The first-order chi connectivity index (χ1) is 32.0. The lowest BCUT2D eigenvalue weighted by molar-refractivity contribution is -0.870. The topological polar surface area (TPSA) is 108 Å². The van der Waals surface area contributed by atoms with Gasteiger partial charge in [-0.3, -0.25) is 9.36 Å². The number of carbonyl (C=O) groups excluding carboxylic acids is 1. The standard InChI is InChI=1S/C57H95N2O6P/c1-6-8-10-12-14-16-18-19-20-21-22-23-24-25-26-27-28-29-30-31-32-33-34-35-36-37-38-39-41-43-45-47-49-51-57(61)58-55(54-65-66(62,63)64-53-52-59(3,4)5)56(60)50-48-46-44-42-40-17-15-13-11-9-7-2/h8,10,14,16,19-20,22-23,25-26,28-29,31-32,34-35,37-38,41,43,48,50,55-56,60H,6-7,9,11-13,15,17-18,21,24,27,30,33,36,39-40,42,44-47,49,51-54H2,1-5H3,(H-,58,61,62,63)/b10-8-,16-14-,20-19-,23-22-,26-25-,29-28-,32-31-,35-34-,38-37-,43-41-,50-48+. The number of carbonyl (C=O) groups is 1. The number of allylic oxidation sites excluding steroid dienone is 21. The van der Waals surface area contributed by atoms with Crippen LogP contribution in [0.5, 0.6) is 0 Å². The number of unbranched alkanes of at least 4 members (excludes halogenated alkanes) is 11. The summed E-state index contributed by atoms with van der Waals surface area (Å²) < 4.78 is 23.2. The van der Waals surface area contributed by atoms with E-state index in [0.29, 0.717) is 17.4 Å². The number of aliphatic hydroxyl groups excluding tert-OH is 1. The summed E-state index contributed by atoms with van der Waals surface area (Å²) in [6.45, 7) is 4.45. The second kappa shape index (κ2) is 46.7. The van der Waals surface area contributed by atoms with E-state index in [2.05, 4.69) is 141 Å². The number of phosphoric acid groups is 1. The second-order valence-electron chi connectivity index (χ2n) is 17.8. The molecule has 0 radical (unpaired) electrons. The summed E-state index contributed by atoms with van der Waals surface area (Å²) in [4.78, 5) is 25.3. The number of likely N-dealkylation sites (N-methyl/N-ethyl adjacent to an activating group) is 1. The summed E-state index contributed by atoms with van der Waals surface area (Å²) in [7, 11) is 1.21. The van der Waals surface area contributed by atoms with Gasteiger partial charge in [-0.15, -0.1) is 0 Å². The Kier molecular flexibility index (Phi) is 44.4. The van der Waals surface area contributed by atoms with Crippen molar-refractivity contribution < 1.29 is 32.9 Å². The van der Waals surface area contributed by atoms with Gasteiger partial charge in [-0.1, -0.05) is 199 Å². The number of hydrogen-bond acceptors (Lipinski definition) is 6. The Labute approximate surface area is 405 Å². The number of nitrogens with one attached hydrogen (secondary N) is 1. The zero-order chi connectivity index (χ0) is 48.5. The molecule has 0 aromatic heterocycles. The fourth-order valence-corrected chi connectivity index (χ4v) is 7.08. The van der Waals surface area contributed by atoms with Gasteiger partial charge >= 0.3 is 0 Å². The van der Waals surface area contributed by atoms with Gasteiger partial charge in [0.2, 0.25) is 5.91 Å². The molecule has 0 aliphatic heterocycles. The van der Waals surface area contributed by atoms with E-state index in [1.165, 1.54) is 44.9 Å². The Hall–Kier alpha value is -3.36. The van der Waals surface area contributed by atoms with Crippen molar-refractivity contribution in [3.05, 3.63) is 134 Å². The van der Waals surface area contributed by atoms with Crippen molar-refractivity contribution in [1.82, 2.24) is 5.32 Å². The lowest BCUT2D eigenvalue weighted by Crippen LogP contribution is -2.45. The van der Waals surface area contributed by atoms with E-state index in [4.69, 9.17) is 9.05 Å². The van der Waals surface area contributed by atoms with Crippen molar-refractivity contribution >= 4 is 13.7 Å². The van der Waals surface area contributed by atoms with Crippen LogP contribution < -0.4 is 10.2 Å². The van der Waals surface area contributed by atoms with E-state index < -0.39 is 26.6 Å². The average Bonchev–Trinajstić information content (AvgIpc) is 3.28. The third kappa shape index (κ3) is 48.6. The number of phosphoric ester groups is 1. The number of rotatable bonds is 44. The highest BCUT2D eigenvalue weighted by molar-refractivity contribution is 7.45. The molecule has 0 rings (SSSR count). The van der Waals surface area contributed by atoms with Gasteiger partial charge in [0.1, 0.15) is 13.2 Å². The third-order valence-electron chi connectivity index (χ3n) is 10.4. The van der Waals surface area contributed by atoms with Crippen LogP contribution in [-0.2, 0) is 18.4 Å². The zero-order valence-electron chi connectivity index (χ0n) is 42.3. The van der Waals surface area contributed by atoms with Crippen LogP contribution >= 0.6 is 7.82 Å². The van der Waals surface area contributed by atoms with Gasteiger partial charge in [0.15, 0.2) is 0 Å². The average molecular weight is 935 g/mol. The van der Waals surface area contributed by atoms with Gasteiger partial charge in [0, 0.05) is 6.42 Å². The quantitative estimate of drug-likeness (QED) is 0.0273. The highest BCUT2D eigenvalue weighted by Crippen LogP contribution is 2.38. The summed E-state index contributed by atoms with van der Waals surface area (Å²) in [5.74, 6) is -0.248. The summed E-state index contributed by atoms with van der Waals surface area (Å²) in [5, 5.41) is 13.7. The maximum Gasteiger partial charge on any atom is 0.268 e. The molecule has 66 heavy (non-hydrogen) atoms. The van der Waals surface area contributed by atoms with Gasteiger partial charge in [-0.05, 0) is 96.3 Å². The molecule has 9 heteroatoms. The van der Waals surface area contributed by atoms with Crippen LogP contribution in [0.4, 0.5) is 0 Å². The largest absolute Gasteiger partial charge is 0.756 e. The fraction of sp³-hybridized carbons (Fsp3) is 0.596. The molecule has 2 N–H and O–H groups in total. The first-order valence-corrected chi connectivity index (χ1v) is 27.0. The number of quaternary nitrogens is 1. The first-order valence-electron chi connectivity index (χ1n) is 25.5. The van der Waals surface area contributed by atoms with Crippen molar-refractivity contribution in [2.75, 3.05) is 40.9 Å². The van der Waals surface area contributed by atoms with Gasteiger partial charge in [0.05, 0.1) is 39.9 Å². The maximum absolute atomic E-state index is 12.9. The molecule has 0 aliphatic carbocycles. The van der Waals surface area contributed by atoms with Crippen molar-refractivity contribution in [3.8, 4) is 0 Å². The van der Waals surface area contributed by atoms with Crippen molar-refractivity contribution in [2.24, 2.45) is 0 Å². The highest BCUT2D eigenvalue weighted by Gasteiger charge is 2.23. The van der Waals surface area contributed by atoms with E-state index in [-0.39, 0.29) is 18.9 Å².